The minimum atomic E-state index is 0.896. The lowest BCUT2D eigenvalue weighted by molar-refractivity contribution is 0.265. The van der Waals surface area contributed by atoms with Crippen LogP contribution in [0.4, 0.5) is 0 Å². The van der Waals surface area contributed by atoms with E-state index in [1.807, 2.05) is 12.4 Å². The molecule has 2 rings (SSSR count). The van der Waals surface area contributed by atoms with Crippen LogP contribution in [0.3, 0.4) is 0 Å². The van der Waals surface area contributed by atoms with Crippen molar-refractivity contribution in [1.29, 1.82) is 0 Å². The van der Waals surface area contributed by atoms with Gasteiger partial charge >= 0.3 is 0 Å². The molecule has 1 fully saturated rings. The molecular weight excluding hydrogens is 202 g/mol. The molecular formula is C12H17N3O. The molecule has 1 saturated heterocycles. The average molecular weight is 219 g/mol. The summed E-state index contributed by atoms with van der Waals surface area (Å²) in [6.07, 6.45) is 6.53. The van der Waals surface area contributed by atoms with Crippen LogP contribution in [0.15, 0.2) is 29.7 Å². The topological polar surface area (TPSA) is 48.7 Å². The maximum absolute atomic E-state index is 8.65. The van der Waals surface area contributed by atoms with Crippen LogP contribution in [0.25, 0.3) is 0 Å². The molecule has 1 aromatic rings. The van der Waals surface area contributed by atoms with Crippen LogP contribution in [0.5, 0.6) is 0 Å². The Balaban J connectivity index is 1.76. The first-order valence-electron chi connectivity index (χ1n) is 5.69. The fourth-order valence-electron chi connectivity index (χ4n) is 1.97. The number of aromatic nitrogens is 1. The molecule has 0 saturated carbocycles. The van der Waals surface area contributed by atoms with Gasteiger partial charge in [-0.05, 0) is 24.1 Å². The first-order chi connectivity index (χ1) is 7.88. The van der Waals surface area contributed by atoms with E-state index in [1.54, 1.807) is 0 Å². The van der Waals surface area contributed by atoms with Crippen molar-refractivity contribution in [2.75, 3.05) is 19.6 Å². The van der Waals surface area contributed by atoms with Gasteiger partial charge in [0.2, 0.25) is 0 Å². The van der Waals surface area contributed by atoms with Gasteiger partial charge in [-0.15, -0.1) is 0 Å². The lowest BCUT2D eigenvalue weighted by Crippen LogP contribution is -2.35. The first-order valence-corrected chi connectivity index (χ1v) is 5.69. The number of likely N-dealkylation sites (tertiary alicyclic amines) is 1. The van der Waals surface area contributed by atoms with E-state index in [9.17, 15) is 0 Å². The zero-order valence-electron chi connectivity index (χ0n) is 9.34. The molecule has 1 aliphatic rings. The second-order valence-electron chi connectivity index (χ2n) is 4.11. The van der Waals surface area contributed by atoms with Crippen molar-refractivity contribution in [2.24, 2.45) is 5.16 Å². The summed E-state index contributed by atoms with van der Waals surface area (Å²) in [5.41, 5.74) is 2.26. The summed E-state index contributed by atoms with van der Waals surface area (Å²) < 4.78 is 0. The van der Waals surface area contributed by atoms with Gasteiger partial charge in [-0.1, -0.05) is 5.16 Å². The van der Waals surface area contributed by atoms with Crippen LogP contribution in [-0.2, 0) is 6.42 Å². The third kappa shape index (κ3) is 3.03. The van der Waals surface area contributed by atoms with Crippen molar-refractivity contribution >= 4 is 5.71 Å². The Morgan fingerprint density at radius 1 is 1.25 bits per heavy atom. The molecule has 0 radical (unpaired) electrons. The van der Waals surface area contributed by atoms with Crippen LogP contribution in [0, 0.1) is 0 Å². The molecule has 0 aliphatic carbocycles. The number of oxime groups is 1. The van der Waals surface area contributed by atoms with E-state index >= 15 is 0 Å². The predicted octanol–water partition coefficient (Wildman–Crippen LogP) is 1.55. The quantitative estimate of drug-likeness (QED) is 0.620. The van der Waals surface area contributed by atoms with Gasteiger partial charge in [-0.2, -0.15) is 0 Å². The summed E-state index contributed by atoms with van der Waals surface area (Å²) in [6.45, 7) is 3.08. The molecule has 0 unspecified atom stereocenters. The van der Waals surface area contributed by atoms with E-state index in [4.69, 9.17) is 5.21 Å². The normalized spacial score (nSPS) is 17.4. The van der Waals surface area contributed by atoms with Crippen LogP contribution >= 0.6 is 0 Å². The van der Waals surface area contributed by atoms with Gasteiger partial charge in [0, 0.05) is 44.9 Å². The Hall–Kier alpha value is -1.42. The molecule has 1 aliphatic heterocycles. The minimum absolute atomic E-state index is 0.896. The van der Waals surface area contributed by atoms with Crippen LogP contribution in [0.1, 0.15) is 18.4 Å². The van der Waals surface area contributed by atoms with Crippen molar-refractivity contribution in [3.8, 4) is 0 Å². The van der Waals surface area contributed by atoms with Crippen molar-refractivity contribution in [3.05, 3.63) is 30.1 Å². The third-order valence-electron chi connectivity index (χ3n) is 3.04. The van der Waals surface area contributed by atoms with Gasteiger partial charge in [-0.25, -0.2) is 0 Å². The highest BCUT2D eigenvalue weighted by molar-refractivity contribution is 5.84. The average Bonchev–Trinajstić information content (AvgIpc) is 2.38. The van der Waals surface area contributed by atoms with E-state index in [0.717, 1.165) is 44.6 Å². The third-order valence-corrected chi connectivity index (χ3v) is 3.04. The lowest BCUT2D eigenvalue weighted by Gasteiger charge is -2.26. The molecule has 0 amide bonds. The van der Waals surface area contributed by atoms with Crippen molar-refractivity contribution < 1.29 is 5.21 Å². The number of hydrogen-bond donors (Lipinski definition) is 1. The summed E-state index contributed by atoms with van der Waals surface area (Å²) in [6, 6.07) is 4.12. The zero-order chi connectivity index (χ0) is 11.2. The number of pyridine rings is 1. The molecule has 0 bridgehead atoms. The smallest absolute Gasteiger partial charge is 0.0596 e. The molecule has 1 aromatic heterocycles. The lowest BCUT2D eigenvalue weighted by atomic mass is 10.1. The number of piperidine rings is 1. The van der Waals surface area contributed by atoms with Gasteiger partial charge in [0.05, 0.1) is 5.71 Å². The largest absolute Gasteiger partial charge is 0.411 e. The maximum Gasteiger partial charge on any atom is 0.0596 e. The fourth-order valence-corrected chi connectivity index (χ4v) is 1.97. The van der Waals surface area contributed by atoms with E-state index in [1.165, 1.54) is 5.56 Å². The second-order valence-corrected chi connectivity index (χ2v) is 4.11. The van der Waals surface area contributed by atoms with E-state index < -0.39 is 0 Å². The fraction of sp³-hybridized carbons (Fsp3) is 0.500. The highest BCUT2D eigenvalue weighted by Crippen LogP contribution is 2.08. The summed E-state index contributed by atoms with van der Waals surface area (Å²) in [4.78, 5) is 6.42. The molecule has 4 nitrogen and oxygen atoms in total. The van der Waals surface area contributed by atoms with Gasteiger partial charge < -0.3 is 10.1 Å². The van der Waals surface area contributed by atoms with Gasteiger partial charge in [0.1, 0.15) is 0 Å². The van der Waals surface area contributed by atoms with Crippen LogP contribution < -0.4 is 0 Å². The maximum atomic E-state index is 8.65. The molecule has 86 valence electrons. The standard InChI is InChI=1S/C12H17N3O/c16-14-12-4-9-15(10-5-12)8-3-11-1-6-13-7-2-11/h1-2,6-7,16H,3-5,8-10H2. The monoisotopic (exact) mass is 219 g/mol. The number of nitrogens with zero attached hydrogens (tertiary/aromatic N) is 3. The van der Waals surface area contributed by atoms with Gasteiger partial charge in [-0.3, -0.25) is 4.98 Å². The molecule has 4 heteroatoms. The van der Waals surface area contributed by atoms with Crippen molar-refractivity contribution in [3.63, 3.8) is 0 Å². The molecule has 0 aromatic carbocycles. The van der Waals surface area contributed by atoms with Crippen LogP contribution in [0.2, 0.25) is 0 Å². The molecule has 1 N–H and O–H groups in total. The van der Waals surface area contributed by atoms with Gasteiger partial charge in [0.25, 0.3) is 0 Å². The minimum Gasteiger partial charge on any atom is -0.411 e. The SMILES string of the molecule is ON=C1CCN(CCc2ccncc2)CC1. The second kappa shape index (κ2) is 5.61. The number of hydrogen-bond acceptors (Lipinski definition) is 4. The summed E-state index contributed by atoms with van der Waals surface area (Å²) in [5, 5.41) is 11.9. The Morgan fingerprint density at radius 3 is 2.56 bits per heavy atom. The van der Waals surface area contributed by atoms with Crippen LogP contribution in [-0.4, -0.2) is 40.4 Å². The zero-order valence-corrected chi connectivity index (χ0v) is 9.34. The Morgan fingerprint density at radius 2 is 1.94 bits per heavy atom. The van der Waals surface area contributed by atoms with E-state index in [0.29, 0.717) is 0 Å². The van der Waals surface area contributed by atoms with Crippen molar-refractivity contribution in [2.45, 2.75) is 19.3 Å². The highest BCUT2D eigenvalue weighted by Gasteiger charge is 2.14. The number of rotatable bonds is 3. The Kier molecular flexibility index (Phi) is 3.88. The molecule has 0 atom stereocenters. The Bertz CT molecular complexity index is 341. The van der Waals surface area contributed by atoms with Crippen molar-refractivity contribution in [1.82, 2.24) is 9.88 Å². The highest BCUT2D eigenvalue weighted by atomic mass is 16.4. The predicted molar refractivity (Wildman–Crippen MR) is 62.8 cm³/mol. The molecule has 0 spiro atoms. The molecule has 16 heavy (non-hydrogen) atoms. The summed E-state index contributed by atoms with van der Waals surface area (Å²) in [5.74, 6) is 0. The summed E-state index contributed by atoms with van der Waals surface area (Å²) in [7, 11) is 0. The van der Waals surface area contributed by atoms with Gasteiger partial charge in [0.15, 0.2) is 0 Å². The van der Waals surface area contributed by atoms with E-state index in [2.05, 4.69) is 27.2 Å². The van der Waals surface area contributed by atoms with E-state index in [-0.39, 0.29) is 0 Å². The molecule has 2 heterocycles. The summed E-state index contributed by atoms with van der Waals surface area (Å²) >= 11 is 0. The first kappa shape index (κ1) is 11.1. The Labute approximate surface area is 95.6 Å².